The number of benzene rings is 2. The minimum atomic E-state index is -1.30. The number of carbonyl (C=O) groups is 5. The number of ether oxygens (including phenoxy) is 2. The molecule has 40 heavy (non-hydrogen) atoms. The van der Waals surface area contributed by atoms with Gasteiger partial charge in [0.05, 0.1) is 25.4 Å². The van der Waals surface area contributed by atoms with Crippen molar-refractivity contribution in [2.24, 2.45) is 4.99 Å². The lowest BCUT2D eigenvalue weighted by Crippen LogP contribution is -2.46. The van der Waals surface area contributed by atoms with Crippen LogP contribution >= 0.6 is 23.2 Å². The molecule has 2 aromatic carbocycles. The van der Waals surface area contributed by atoms with Gasteiger partial charge in [-0.1, -0.05) is 29.3 Å². The lowest BCUT2D eigenvalue weighted by Gasteiger charge is -2.15. The Bertz CT molecular complexity index is 1250. The van der Waals surface area contributed by atoms with Crippen molar-refractivity contribution < 1.29 is 38.6 Å². The van der Waals surface area contributed by atoms with Crippen LogP contribution in [0.1, 0.15) is 29.8 Å². The van der Waals surface area contributed by atoms with Gasteiger partial charge in [0, 0.05) is 22.0 Å². The first-order valence-electron chi connectivity index (χ1n) is 11.8. The molecule has 0 aliphatic carbocycles. The number of alkyl carbamates (subject to hydrolysis) is 2. The normalized spacial score (nSPS) is 10.9. The molecule has 5 N–H and O–H groups in total. The predicted molar refractivity (Wildman–Crippen MR) is 146 cm³/mol. The molecule has 13 nitrogen and oxygen atoms in total. The Morgan fingerprint density at radius 2 is 1.52 bits per heavy atom. The van der Waals surface area contributed by atoms with E-state index in [2.05, 4.69) is 26.3 Å². The molecule has 0 aliphatic rings. The first-order valence-corrected chi connectivity index (χ1v) is 12.6. The van der Waals surface area contributed by atoms with E-state index in [9.17, 15) is 29.1 Å². The second kappa shape index (κ2) is 15.9. The predicted octanol–water partition coefficient (Wildman–Crippen LogP) is 3.02. The highest BCUT2D eigenvalue weighted by atomic mass is 35.5. The quantitative estimate of drug-likeness (QED) is 0.205. The van der Waals surface area contributed by atoms with Crippen LogP contribution in [0.15, 0.2) is 47.5 Å². The topological polar surface area (TPSA) is 185 Å². The van der Waals surface area contributed by atoms with Gasteiger partial charge in [0.25, 0.3) is 5.91 Å². The van der Waals surface area contributed by atoms with Gasteiger partial charge in [-0.25, -0.2) is 19.4 Å². The molecule has 15 heteroatoms. The molecule has 2 rings (SSSR count). The third kappa shape index (κ3) is 11.2. The van der Waals surface area contributed by atoms with Gasteiger partial charge in [0.15, 0.2) is 0 Å². The van der Waals surface area contributed by atoms with Gasteiger partial charge >= 0.3 is 18.2 Å². The number of hydrogen-bond acceptors (Lipinski definition) is 8. The molecule has 0 spiro atoms. The second-order valence-corrected chi connectivity index (χ2v) is 8.70. The van der Waals surface area contributed by atoms with Gasteiger partial charge < -0.3 is 25.2 Å². The van der Waals surface area contributed by atoms with E-state index in [0.717, 1.165) is 0 Å². The molecular weight excluding hydrogens is 569 g/mol. The SMILES string of the molecule is CCOC(=O)NC(=Nc1cccc(C(=O)NCC(=O)NC(Cc2cc(Cl)cc(Cl)c2)C(=O)O)c1)NC(=O)OCC. The molecule has 214 valence electrons. The average Bonchev–Trinajstić information content (AvgIpc) is 2.86. The van der Waals surface area contributed by atoms with Crippen molar-refractivity contribution in [1.29, 1.82) is 0 Å². The van der Waals surface area contributed by atoms with Crippen LogP contribution in [-0.2, 0) is 25.5 Å². The largest absolute Gasteiger partial charge is 0.480 e. The highest BCUT2D eigenvalue weighted by Gasteiger charge is 2.21. The zero-order chi connectivity index (χ0) is 29.7. The maximum absolute atomic E-state index is 12.6. The minimum Gasteiger partial charge on any atom is -0.480 e. The Morgan fingerprint density at radius 3 is 2.08 bits per heavy atom. The van der Waals surface area contributed by atoms with E-state index >= 15 is 0 Å². The van der Waals surface area contributed by atoms with Gasteiger partial charge in [-0.2, -0.15) is 0 Å². The van der Waals surface area contributed by atoms with Crippen molar-refractivity contribution in [2.45, 2.75) is 26.3 Å². The zero-order valence-corrected chi connectivity index (χ0v) is 23.0. The van der Waals surface area contributed by atoms with Crippen LogP contribution in [0.2, 0.25) is 10.0 Å². The van der Waals surface area contributed by atoms with E-state index in [-0.39, 0.29) is 36.8 Å². The summed E-state index contributed by atoms with van der Waals surface area (Å²) >= 11 is 11.9. The molecular formula is C25H27Cl2N5O8. The maximum atomic E-state index is 12.6. The van der Waals surface area contributed by atoms with E-state index in [4.69, 9.17) is 32.7 Å². The van der Waals surface area contributed by atoms with E-state index in [1.807, 2.05) is 0 Å². The summed E-state index contributed by atoms with van der Waals surface area (Å²) in [6, 6.07) is 8.99. The van der Waals surface area contributed by atoms with E-state index in [0.29, 0.717) is 15.6 Å². The summed E-state index contributed by atoms with van der Waals surface area (Å²) in [5, 5.41) is 19.4. The van der Waals surface area contributed by atoms with Gasteiger partial charge in [0.2, 0.25) is 11.9 Å². The molecule has 0 radical (unpaired) electrons. The molecule has 0 saturated heterocycles. The molecule has 0 bridgehead atoms. The van der Waals surface area contributed by atoms with Crippen LogP contribution in [0.25, 0.3) is 0 Å². The molecule has 0 aliphatic heterocycles. The average molecular weight is 596 g/mol. The third-order valence-corrected chi connectivity index (χ3v) is 5.18. The Kier molecular flexibility index (Phi) is 12.7. The minimum absolute atomic E-state index is 0.0733. The number of nitrogens with one attached hydrogen (secondary N) is 4. The monoisotopic (exact) mass is 595 g/mol. The van der Waals surface area contributed by atoms with E-state index in [1.165, 1.54) is 42.5 Å². The number of carbonyl (C=O) groups excluding carboxylic acids is 4. The number of rotatable bonds is 10. The van der Waals surface area contributed by atoms with Crippen molar-refractivity contribution in [3.05, 3.63) is 63.6 Å². The fourth-order valence-corrected chi connectivity index (χ4v) is 3.70. The van der Waals surface area contributed by atoms with Gasteiger partial charge in [-0.15, -0.1) is 0 Å². The van der Waals surface area contributed by atoms with Crippen LogP contribution in [0.5, 0.6) is 0 Å². The number of nitrogens with zero attached hydrogens (tertiary/aromatic N) is 1. The van der Waals surface area contributed by atoms with E-state index in [1.54, 1.807) is 13.8 Å². The first-order chi connectivity index (χ1) is 19.0. The number of amides is 4. The summed E-state index contributed by atoms with van der Waals surface area (Å²) in [5.41, 5.74) is 0.747. The molecule has 1 atom stereocenters. The molecule has 0 saturated carbocycles. The summed E-state index contributed by atoms with van der Waals surface area (Å²) < 4.78 is 9.56. The van der Waals surface area contributed by atoms with E-state index < -0.39 is 42.6 Å². The lowest BCUT2D eigenvalue weighted by molar-refractivity contribution is -0.141. The standard InChI is InChI=1S/C25H27Cl2N5O8/c1-3-39-24(37)31-23(32-25(38)40-4-2)29-18-7-5-6-15(11-18)21(34)28-13-20(33)30-19(22(35)36)10-14-8-16(26)12-17(27)9-14/h5-9,11-12,19H,3-4,10,13H2,1-2H3,(H,28,34)(H,30,33)(H,35,36)(H2,29,31,32,37,38). The van der Waals surface area contributed by atoms with Crippen molar-refractivity contribution in [3.63, 3.8) is 0 Å². The fraction of sp³-hybridized carbons (Fsp3) is 0.280. The smallest absolute Gasteiger partial charge is 0.413 e. The molecule has 0 aromatic heterocycles. The van der Waals surface area contributed by atoms with Crippen molar-refractivity contribution in [2.75, 3.05) is 19.8 Å². The van der Waals surface area contributed by atoms with Crippen LogP contribution in [-0.4, -0.2) is 66.8 Å². The van der Waals surface area contributed by atoms with Gasteiger partial charge in [-0.05, 0) is 55.8 Å². The van der Waals surface area contributed by atoms with Crippen molar-refractivity contribution >= 4 is 64.8 Å². The number of aliphatic imine (C=N–C) groups is 1. The van der Waals surface area contributed by atoms with Crippen LogP contribution < -0.4 is 21.3 Å². The number of hydrogen-bond donors (Lipinski definition) is 5. The summed E-state index contributed by atoms with van der Waals surface area (Å²) in [5.74, 6) is -3.01. The lowest BCUT2D eigenvalue weighted by atomic mass is 10.1. The highest BCUT2D eigenvalue weighted by molar-refractivity contribution is 6.34. The van der Waals surface area contributed by atoms with Crippen LogP contribution in [0.4, 0.5) is 15.3 Å². The number of carboxylic acid groups (broad SMARTS) is 1. The molecule has 1 unspecified atom stereocenters. The summed E-state index contributed by atoms with van der Waals surface area (Å²) in [6.07, 6.45) is -1.84. The van der Waals surface area contributed by atoms with Crippen LogP contribution in [0.3, 0.4) is 0 Å². The zero-order valence-electron chi connectivity index (χ0n) is 21.5. The Hall–Kier alpha value is -4.36. The highest BCUT2D eigenvalue weighted by Crippen LogP contribution is 2.20. The number of carboxylic acids is 1. The summed E-state index contributed by atoms with van der Waals surface area (Å²) in [6.45, 7) is 2.81. The Balaban J connectivity index is 2.06. The molecule has 0 fully saturated rings. The molecule has 4 amide bonds. The van der Waals surface area contributed by atoms with Crippen LogP contribution in [0, 0.1) is 0 Å². The maximum Gasteiger partial charge on any atom is 0.413 e. The Morgan fingerprint density at radius 1 is 0.925 bits per heavy atom. The van der Waals surface area contributed by atoms with Gasteiger partial charge in [0.1, 0.15) is 6.04 Å². The van der Waals surface area contributed by atoms with Crippen molar-refractivity contribution in [3.8, 4) is 0 Å². The summed E-state index contributed by atoms with van der Waals surface area (Å²) in [4.78, 5) is 64.4. The number of aliphatic carboxylic acids is 1. The van der Waals surface area contributed by atoms with Crippen molar-refractivity contribution in [1.82, 2.24) is 21.3 Å². The Labute approximate surface area is 239 Å². The third-order valence-electron chi connectivity index (χ3n) is 4.75. The first kappa shape index (κ1) is 31.9. The second-order valence-electron chi connectivity index (χ2n) is 7.82. The molecule has 0 heterocycles. The summed E-state index contributed by atoms with van der Waals surface area (Å²) in [7, 11) is 0. The number of guanidine groups is 1. The molecule has 2 aromatic rings. The van der Waals surface area contributed by atoms with Gasteiger partial charge in [-0.3, -0.25) is 20.2 Å². The number of halogens is 2. The fourth-order valence-electron chi connectivity index (χ4n) is 3.13.